The third-order valence-electron chi connectivity index (χ3n) is 2.78. The quantitative estimate of drug-likeness (QED) is 0.679. The van der Waals surface area contributed by atoms with Crippen LogP contribution in [0.1, 0.15) is 26.7 Å². The fraction of sp³-hybridized carbons (Fsp3) is 0.500. The van der Waals surface area contributed by atoms with Crippen molar-refractivity contribution in [1.82, 2.24) is 10.3 Å². The molecule has 0 spiro atoms. The van der Waals surface area contributed by atoms with Gasteiger partial charge in [-0.15, -0.1) is 0 Å². The van der Waals surface area contributed by atoms with E-state index in [0.29, 0.717) is 0 Å². The lowest BCUT2D eigenvalue weighted by molar-refractivity contribution is -0.137. The second-order valence-corrected chi connectivity index (χ2v) is 5.41. The van der Waals surface area contributed by atoms with Gasteiger partial charge in [0.15, 0.2) is 6.61 Å². The summed E-state index contributed by atoms with van der Waals surface area (Å²) in [6.07, 6.45) is -1.17. The Bertz CT molecular complexity index is 553. The number of halogens is 2. The highest BCUT2D eigenvalue weighted by Crippen LogP contribution is 2.21. The van der Waals surface area contributed by atoms with E-state index in [0.717, 1.165) is 0 Å². The summed E-state index contributed by atoms with van der Waals surface area (Å²) in [7, 11) is 0. The molecular weight excluding hydrogens is 312 g/mol. The lowest BCUT2D eigenvalue weighted by Gasteiger charge is -2.25. The van der Waals surface area contributed by atoms with Gasteiger partial charge in [0.25, 0.3) is 6.43 Å². The van der Waals surface area contributed by atoms with Gasteiger partial charge < -0.3 is 20.5 Å². The van der Waals surface area contributed by atoms with Crippen LogP contribution in [0.25, 0.3) is 0 Å². The molecule has 0 fully saturated rings. The van der Waals surface area contributed by atoms with Crippen LogP contribution in [-0.4, -0.2) is 40.7 Å². The van der Waals surface area contributed by atoms with Crippen molar-refractivity contribution in [1.29, 1.82) is 0 Å². The number of hydrogen-bond acceptors (Lipinski definition) is 4. The Morgan fingerprint density at radius 1 is 1.43 bits per heavy atom. The normalized spacial score (nSPS) is 11.2. The summed E-state index contributed by atoms with van der Waals surface area (Å²) in [4.78, 5) is 26.3. The van der Waals surface area contributed by atoms with Crippen molar-refractivity contribution < 1.29 is 28.2 Å². The average molecular weight is 331 g/mol. The highest BCUT2D eigenvalue weighted by molar-refractivity contribution is 5.90. The van der Waals surface area contributed by atoms with Crippen molar-refractivity contribution in [2.24, 2.45) is 0 Å². The third kappa shape index (κ3) is 7.39. The zero-order chi connectivity index (χ0) is 17.5. The molecule has 0 unspecified atom stereocenters. The van der Waals surface area contributed by atoms with Crippen LogP contribution in [-0.2, 0) is 4.79 Å². The molecule has 3 N–H and O–H groups in total. The first-order valence-corrected chi connectivity index (χ1v) is 6.86. The van der Waals surface area contributed by atoms with Crippen molar-refractivity contribution in [3.8, 4) is 5.88 Å². The first-order chi connectivity index (χ1) is 10.7. The van der Waals surface area contributed by atoms with E-state index in [-0.39, 0.29) is 24.4 Å². The molecule has 128 valence electrons. The Balaban J connectivity index is 2.65. The van der Waals surface area contributed by atoms with Gasteiger partial charge >= 0.3 is 12.0 Å². The highest BCUT2D eigenvalue weighted by Gasteiger charge is 2.22. The van der Waals surface area contributed by atoms with E-state index in [1.807, 2.05) is 0 Å². The number of alkyl halides is 2. The van der Waals surface area contributed by atoms with Crippen LogP contribution in [0.3, 0.4) is 0 Å². The van der Waals surface area contributed by atoms with Crippen LogP contribution >= 0.6 is 0 Å². The Morgan fingerprint density at radius 2 is 2.13 bits per heavy atom. The van der Waals surface area contributed by atoms with Gasteiger partial charge in [-0.2, -0.15) is 0 Å². The molecule has 7 nitrogen and oxygen atoms in total. The largest absolute Gasteiger partial charge is 0.481 e. The lowest BCUT2D eigenvalue weighted by atomic mass is 9.99. The Morgan fingerprint density at radius 3 is 2.74 bits per heavy atom. The van der Waals surface area contributed by atoms with E-state index in [9.17, 15) is 18.4 Å². The number of aromatic nitrogens is 1. The molecule has 1 heterocycles. The van der Waals surface area contributed by atoms with Crippen LogP contribution < -0.4 is 15.4 Å². The number of ether oxygens (including phenoxy) is 1. The number of nitrogens with zero attached hydrogens (tertiary/aromatic N) is 1. The minimum atomic E-state index is -2.66. The first kappa shape index (κ1) is 18.6. The van der Waals surface area contributed by atoms with Crippen LogP contribution in [0.4, 0.5) is 19.3 Å². The summed E-state index contributed by atoms with van der Waals surface area (Å²) in [6, 6.07) is 2.35. The van der Waals surface area contributed by atoms with E-state index in [4.69, 9.17) is 9.84 Å². The molecular formula is C14H19F2N3O4. The number of amides is 2. The van der Waals surface area contributed by atoms with Crippen molar-refractivity contribution in [2.45, 2.75) is 38.7 Å². The van der Waals surface area contributed by atoms with Gasteiger partial charge in [0, 0.05) is 18.2 Å². The standard InChI is InChI=1S/C14H19F2N3O4/c1-14(2,6-5-11(20)21)19-13(22)18-9-4-3-7-17-12(9)23-8-10(15)16/h3-4,7,10H,5-6,8H2,1-2H3,(H,20,21)(H2,18,19,22). The zero-order valence-corrected chi connectivity index (χ0v) is 12.8. The highest BCUT2D eigenvalue weighted by atomic mass is 19.3. The van der Waals surface area contributed by atoms with Gasteiger partial charge in [-0.3, -0.25) is 4.79 Å². The summed E-state index contributed by atoms with van der Waals surface area (Å²) in [6.45, 7) is 2.51. The molecule has 1 aromatic heterocycles. The van der Waals surface area contributed by atoms with E-state index < -0.39 is 30.6 Å². The number of pyridine rings is 1. The SMILES string of the molecule is CC(C)(CCC(=O)O)NC(=O)Nc1cccnc1OCC(F)F. The molecule has 0 aliphatic rings. The number of rotatable bonds is 8. The minimum Gasteiger partial charge on any atom is -0.481 e. The maximum atomic E-state index is 12.2. The number of carboxylic acid groups (broad SMARTS) is 1. The molecule has 0 aliphatic heterocycles. The maximum absolute atomic E-state index is 12.2. The number of anilines is 1. The Kier molecular flexibility index (Phi) is 6.67. The summed E-state index contributed by atoms with van der Waals surface area (Å²) in [5.74, 6) is -1.08. The fourth-order valence-electron chi connectivity index (χ4n) is 1.69. The van der Waals surface area contributed by atoms with Crippen LogP contribution in [0.5, 0.6) is 5.88 Å². The second-order valence-electron chi connectivity index (χ2n) is 5.41. The number of nitrogens with one attached hydrogen (secondary N) is 2. The predicted molar refractivity (Wildman–Crippen MR) is 78.8 cm³/mol. The summed E-state index contributed by atoms with van der Waals surface area (Å²) >= 11 is 0. The van der Waals surface area contributed by atoms with Gasteiger partial charge in [0.05, 0.1) is 0 Å². The van der Waals surface area contributed by atoms with Crippen LogP contribution in [0.2, 0.25) is 0 Å². The van der Waals surface area contributed by atoms with Gasteiger partial charge in [-0.05, 0) is 32.4 Å². The average Bonchev–Trinajstić information content (AvgIpc) is 2.43. The fourth-order valence-corrected chi connectivity index (χ4v) is 1.69. The first-order valence-electron chi connectivity index (χ1n) is 6.86. The summed E-state index contributed by atoms with van der Waals surface area (Å²) in [5, 5.41) is 13.7. The van der Waals surface area contributed by atoms with Gasteiger partial charge in [-0.25, -0.2) is 18.6 Å². The van der Waals surface area contributed by atoms with Crippen LogP contribution in [0, 0.1) is 0 Å². The smallest absolute Gasteiger partial charge is 0.319 e. The molecule has 23 heavy (non-hydrogen) atoms. The third-order valence-corrected chi connectivity index (χ3v) is 2.78. The number of urea groups is 1. The molecule has 2 amide bonds. The Labute approximate surface area is 132 Å². The van der Waals surface area contributed by atoms with Gasteiger partial charge in [-0.1, -0.05) is 0 Å². The van der Waals surface area contributed by atoms with E-state index in [2.05, 4.69) is 15.6 Å². The van der Waals surface area contributed by atoms with Crippen molar-refractivity contribution in [3.63, 3.8) is 0 Å². The monoisotopic (exact) mass is 331 g/mol. The summed E-state index contributed by atoms with van der Waals surface area (Å²) < 4.78 is 29.2. The second kappa shape index (κ2) is 8.25. The van der Waals surface area contributed by atoms with E-state index in [1.54, 1.807) is 13.8 Å². The molecule has 9 heteroatoms. The number of carbonyl (C=O) groups excluding carboxylic acids is 1. The molecule has 0 saturated heterocycles. The Hall–Kier alpha value is -2.45. The maximum Gasteiger partial charge on any atom is 0.319 e. The number of hydrogen-bond donors (Lipinski definition) is 3. The van der Waals surface area contributed by atoms with Gasteiger partial charge in [0.1, 0.15) is 5.69 Å². The molecule has 0 saturated carbocycles. The van der Waals surface area contributed by atoms with E-state index in [1.165, 1.54) is 18.3 Å². The molecule has 0 aliphatic carbocycles. The van der Waals surface area contributed by atoms with Crippen LogP contribution in [0.15, 0.2) is 18.3 Å². The summed E-state index contributed by atoms with van der Waals surface area (Å²) in [5.41, 5.74) is -0.617. The molecule has 0 aromatic carbocycles. The molecule has 0 atom stereocenters. The van der Waals surface area contributed by atoms with Crippen molar-refractivity contribution in [2.75, 3.05) is 11.9 Å². The number of carbonyl (C=O) groups is 2. The molecule has 0 radical (unpaired) electrons. The van der Waals surface area contributed by atoms with E-state index >= 15 is 0 Å². The lowest BCUT2D eigenvalue weighted by Crippen LogP contribution is -2.45. The molecule has 1 rings (SSSR count). The predicted octanol–water partition coefficient (Wildman–Crippen LogP) is 2.49. The number of carboxylic acids is 1. The molecule has 0 bridgehead atoms. The van der Waals surface area contributed by atoms with Crippen molar-refractivity contribution in [3.05, 3.63) is 18.3 Å². The number of aliphatic carboxylic acids is 1. The topological polar surface area (TPSA) is 101 Å². The molecule has 1 aromatic rings. The zero-order valence-electron chi connectivity index (χ0n) is 12.8. The van der Waals surface area contributed by atoms with Gasteiger partial charge in [0.2, 0.25) is 5.88 Å². The van der Waals surface area contributed by atoms with Crippen molar-refractivity contribution >= 4 is 17.7 Å². The minimum absolute atomic E-state index is 0.0943.